The van der Waals surface area contributed by atoms with Crippen molar-refractivity contribution in [2.45, 2.75) is 64.0 Å². The van der Waals surface area contributed by atoms with E-state index in [1.165, 1.54) is 29.8 Å². The summed E-state index contributed by atoms with van der Waals surface area (Å²) >= 11 is 1.32. The first-order valence-corrected chi connectivity index (χ1v) is 17.5. The summed E-state index contributed by atoms with van der Waals surface area (Å²) in [6.45, 7) is 8.45. The third-order valence-corrected chi connectivity index (χ3v) is 11.3. The maximum Gasteiger partial charge on any atom is 0.282 e. The number of carbonyl (C=O) groups is 1. The maximum atomic E-state index is 14.6. The van der Waals surface area contributed by atoms with Crippen molar-refractivity contribution in [1.82, 2.24) is 35.0 Å². The van der Waals surface area contributed by atoms with Crippen molar-refractivity contribution in [2.24, 2.45) is 23.0 Å². The van der Waals surface area contributed by atoms with E-state index < -0.39 is 5.91 Å². The Kier molecular flexibility index (Phi) is 7.94. The zero-order valence-corrected chi connectivity index (χ0v) is 27.9. The van der Waals surface area contributed by atoms with Gasteiger partial charge in [0.2, 0.25) is 0 Å². The van der Waals surface area contributed by atoms with Crippen LogP contribution < -0.4 is 20.7 Å². The second-order valence-corrected chi connectivity index (χ2v) is 15.2. The topological polar surface area (TPSA) is 148 Å². The molecule has 14 heteroatoms. The van der Waals surface area contributed by atoms with E-state index >= 15 is 0 Å². The molecule has 2 saturated heterocycles. The van der Waals surface area contributed by atoms with Gasteiger partial charge in [0.1, 0.15) is 29.1 Å². The van der Waals surface area contributed by atoms with Crippen molar-refractivity contribution in [3.05, 3.63) is 59.6 Å². The zero-order chi connectivity index (χ0) is 33.0. The molecule has 4 fully saturated rings. The van der Waals surface area contributed by atoms with E-state index in [-0.39, 0.29) is 11.2 Å². The minimum absolute atomic E-state index is 0.185. The van der Waals surface area contributed by atoms with E-state index in [1.54, 1.807) is 24.8 Å². The van der Waals surface area contributed by atoms with Gasteiger partial charge in [0.05, 0.1) is 11.9 Å². The number of primary amides is 1. The van der Waals surface area contributed by atoms with Gasteiger partial charge in [-0.1, -0.05) is 25.2 Å². The van der Waals surface area contributed by atoms with E-state index in [4.69, 9.17) is 10.5 Å². The minimum atomic E-state index is -0.438. The number of thiazole rings is 1. The van der Waals surface area contributed by atoms with Gasteiger partial charge in [-0.15, -0.1) is 10.2 Å². The fraction of sp³-hybridized carbons (Fsp3) is 0.500. The summed E-state index contributed by atoms with van der Waals surface area (Å²) < 4.78 is 21.0. The lowest BCUT2D eigenvalue weighted by atomic mass is 9.68. The van der Waals surface area contributed by atoms with Crippen molar-refractivity contribution < 1.29 is 13.9 Å². The van der Waals surface area contributed by atoms with E-state index in [0.717, 1.165) is 74.7 Å². The van der Waals surface area contributed by atoms with Gasteiger partial charge >= 0.3 is 0 Å². The number of aromatic nitrogens is 6. The molecule has 1 amide bonds. The van der Waals surface area contributed by atoms with Gasteiger partial charge in [-0.05, 0) is 62.1 Å². The fourth-order valence-electron chi connectivity index (χ4n) is 8.03. The molecular formula is C34H39FN10O2S. The van der Waals surface area contributed by atoms with E-state index in [9.17, 15) is 9.18 Å². The lowest BCUT2D eigenvalue weighted by molar-refractivity contribution is -0.0656. The quantitative estimate of drug-likeness (QED) is 0.219. The molecule has 48 heavy (non-hydrogen) atoms. The smallest absolute Gasteiger partial charge is 0.282 e. The SMILES string of the molecule is CC(C)[C@H](C1CC(Nc2ncc(C(N)=O)s2)C1)N1CC2(CCN(c3ncnnc3Oc3ccc(F)cc3-c3cncnc3C3CC3)C2)C1. The van der Waals surface area contributed by atoms with Gasteiger partial charge in [-0.2, -0.15) is 0 Å². The van der Waals surface area contributed by atoms with Crippen LogP contribution in [0, 0.1) is 23.1 Å². The maximum absolute atomic E-state index is 14.6. The average molecular weight is 671 g/mol. The number of amides is 1. The molecule has 3 aromatic heterocycles. The number of nitrogens with one attached hydrogen (secondary N) is 1. The zero-order valence-electron chi connectivity index (χ0n) is 27.0. The predicted octanol–water partition coefficient (Wildman–Crippen LogP) is 5.12. The highest BCUT2D eigenvalue weighted by Crippen LogP contribution is 2.49. The average Bonchev–Trinajstić information content (AvgIpc) is 3.61. The molecule has 1 spiro atoms. The molecule has 2 aliphatic heterocycles. The number of ether oxygens (including phenoxy) is 1. The van der Waals surface area contributed by atoms with Gasteiger partial charge < -0.3 is 20.7 Å². The van der Waals surface area contributed by atoms with Gasteiger partial charge in [0.25, 0.3) is 11.8 Å². The number of likely N-dealkylation sites (tertiary alicyclic amines) is 1. The summed E-state index contributed by atoms with van der Waals surface area (Å²) in [4.78, 5) is 34.5. The molecular weight excluding hydrogens is 632 g/mol. The lowest BCUT2D eigenvalue weighted by Gasteiger charge is -2.57. The standard InChI is InChI=1S/C34H39FN10O2S/c1-19(2)29(21-9-23(10-21)42-33-38-13-27(48-33)30(36)46)45-15-34(16-45)7-8-44(14-34)31-32(43-41-18-40-31)47-26-6-5-22(35)11-24(26)25-12-37-17-39-28(25)20-3-4-20/h5-6,11-13,17-21,23,29H,3-4,7-10,14-16H2,1-2H3,(H2,36,46)(H,38,42)/t21?,23?,29-/m1/s1. The molecule has 4 aliphatic rings. The summed E-state index contributed by atoms with van der Waals surface area (Å²) in [5.41, 5.74) is 7.86. The Morgan fingerprint density at radius 2 is 1.94 bits per heavy atom. The molecule has 1 aromatic carbocycles. The van der Waals surface area contributed by atoms with Gasteiger partial charge in [0.15, 0.2) is 10.9 Å². The highest BCUT2D eigenvalue weighted by Gasteiger charge is 2.53. The van der Waals surface area contributed by atoms with Crippen LogP contribution in [-0.2, 0) is 0 Å². The molecule has 8 rings (SSSR count). The number of hydrogen-bond donors (Lipinski definition) is 2. The van der Waals surface area contributed by atoms with Crippen molar-refractivity contribution in [2.75, 3.05) is 36.4 Å². The van der Waals surface area contributed by atoms with Crippen LogP contribution >= 0.6 is 11.3 Å². The Labute approximate surface area is 282 Å². The Bertz CT molecular complexity index is 1820. The number of carbonyl (C=O) groups excluding carboxylic acids is 1. The summed E-state index contributed by atoms with van der Waals surface area (Å²) in [7, 11) is 0. The number of halogens is 1. The number of hydrogen-bond acceptors (Lipinski definition) is 12. The summed E-state index contributed by atoms with van der Waals surface area (Å²) in [5.74, 6) is 2.14. The van der Waals surface area contributed by atoms with E-state index in [1.807, 2.05) is 0 Å². The van der Waals surface area contributed by atoms with Crippen molar-refractivity contribution in [1.29, 1.82) is 0 Å². The van der Waals surface area contributed by atoms with Crippen molar-refractivity contribution in [3.63, 3.8) is 0 Å². The summed E-state index contributed by atoms with van der Waals surface area (Å²) in [5, 5.41) is 12.6. The van der Waals surface area contributed by atoms with Crippen LogP contribution in [0.15, 0.2) is 43.2 Å². The van der Waals surface area contributed by atoms with Crippen LogP contribution in [0.3, 0.4) is 0 Å². The monoisotopic (exact) mass is 670 g/mol. The van der Waals surface area contributed by atoms with E-state index in [0.29, 0.717) is 57.7 Å². The molecule has 12 nitrogen and oxygen atoms in total. The van der Waals surface area contributed by atoms with Crippen molar-refractivity contribution >= 4 is 28.2 Å². The van der Waals surface area contributed by atoms with Crippen LogP contribution in [0.4, 0.5) is 15.3 Å². The van der Waals surface area contributed by atoms with Gasteiger partial charge in [-0.3, -0.25) is 9.69 Å². The number of nitrogens with two attached hydrogens (primary N) is 1. The highest BCUT2D eigenvalue weighted by molar-refractivity contribution is 7.17. The van der Waals surface area contributed by atoms with Gasteiger partial charge in [-0.25, -0.2) is 24.3 Å². The number of anilines is 2. The molecule has 2 aliphatic carbocycles. The summed E-state index contributed by atoms with van der Waals surface area (Å²) in [6.07, 6.45) is 11.6. The Morgan fingerprint density at radius 3 is 2.69 bits per heavy atom. The fourth-order valence-corrected chi connectivity index (χ4v) is 8.77. The Balaban J connectivity index is 0.929. The Morgan fingerprint density at radius 1 is 1.10 bits per heavy atom. The second kappa shape index (κ2) is 12.3. The molecule has 250 valence electrons. The molecule has 2 saturated carbocycles. The summed E-state index contributed by atoms with van der Waals surface area (Å²) in [6, 6.07) is 5.37. The van der Waals surface area contributed by atoms with Crippen LogP contribution in [0.25, 0.3) is 11.1 Å². The molecule has 4 aromatic rings. The molecule has 0 bridgehead atoms. The molecule has 0 radical (unpaired) electrons. The third kappa shape index (κ3) is 5.96. The molecule has 1 atom stereocenters. The normalized spacial score (nSPS) is 22.4. The first-order chi connectivity index (χ1) is 23.2. The highest BCUT2D eigenvalue weighted by atomic mass is 32.1. The molecule has 3 N–H and O–H groups in total. The lowest BCUT2D eigenvalue weighted by Crippen LogP contribution is -2.65. The van der Waals surface area contributed by atoms with Crippen LogP contribution in [0.5, 0.6) is 11.6 Å². The first-order valence-electron chi connectivity index (χ1n) is 16.7. The molecule has 5 heterocycles. The largest absolute Gasteiger partial charge is 0.434 e. The number of rotatable bonds is 11. The number of nitrogens with zero attached hydrogens (tertiary/aromatic N) is 8. The third-order valence-electron chi connectivity index (χ3n) is 10.4. The number of benzene rings is 1. The first kappa shape index (κ1) is 31.0. The van der Waals surface area contributed by atoms with E-state index in [2.05, 4.69) is 59.1 Å². The second-order valence-electron chi connectivity index (χ2n) is 14.2. The van der Waals surface area contributed by atoms with Crippen LogP contribution in [0.1, 0.15) is 67.2 Å². The van der Waals surface area contributed by atoms with Crippen molar-refractivity contribution in [3.8, 4) is 22.8 Å². The van der Waals surface area contributed by atoms with Crippen LogP contribution in [-0.4, -0.2) is 79.2 Å². The van der Waals surface area contributed by atoms with Gasteiger partial charge in [0, 0.05) is 66.9 Å². The van der Waals surface area contributed by atoms with Crippen LogP contribution in [0.2, 0.25) is 0 Å². The predicted molar refractivity (Wildman–Crippen MR) is 180 cm³/mol. The minimum Gasteiger partial charge on any atom is -0.434 e. The Hall–Kier alpha value is -4.30. The molecule has 0 unspecified atom stereocenters.